The summed E-state index contributed by atoms with van der Waals surface area (Å²) in [4.78, 5) is 21.4. The monoisotopic (exact) mass is 555 g/mol. The number of nitrogens with zero attached hydrogens (tertiary/aromatic N) is 2. The van der Waals surface area contributed by atoms with Gasteiger partial charge in [-0.1, -0.05) is 40.2 Å². The maximum Gasteiger partial charge on any atom is 0.338 e. The predicted octanol–water partition coefficient (Wildman–Crippen LogP) is 6.20. The number of halogens is 1. The highest BCUT2D eigenvalue weighted by molar-refractivity contribution is 9.09. The molecule has 1 N–H and O–H groups in total. The quantitative estimate of drug-likeness (QED) is 0.162. The van der Waals surface area contributed by atoms with Crippen LogP contribution >= 0.6 is 15.9 Å². The number of carbonyl (C=O) groups excluding carboxylic acids is 1. The van der Waals surface area contributed by atoms with Crippen LogP contribution < -0.4 is 14.8 Å². The molecular formula is C28H34BrN3O4. The van der Waals surface area contributed by atoms with Gasteiger partial charge >= 0.3 is 5.97 Å². The average molecular weight is 557 g/mol. The van der Waals surface area contributed by atoms with Crippen molar-refractivity contribution in [1.29, 1.82) is 0 Å². The zero-order valence-corrected chi connectivity index (χ0v) is 22.9. The van der Waals surface area contributed by atoms with Crippen LogP contribution in [0.1, 0.15) is 61.3 Å². The van der Waals surface area contributed by atoms with Crippen LogP contribution in [0, 0.1) is 0 Å². The van der Waals surface area contributed by atoms with Gasteiger partial charge in [0, 0.05) is 24.4 Å². The van der Waals surface area contributed by atoms with E-state index in [0.717, 1.165) is 34.3 Å². The van der Waals surface area contributed by atoms with Gasteiger partial charge in [0.25, 0.3) is 0 Å². The van der Waals surface area contributed by atoms with Crippen molar-refractivity contribution in [3.63, 3.8) is 0 Å². The number of carbonyl (C=O) groups is 1. The zero-order chi connectivity index (χ0) is 26.0. The molecular weight excluding hydrogens is 522 g/mol. The number of nitrogens with one attached hydrogen (secondary N) is 1. The van der Waals surface area contributed by atoms with Crippen molar-refractivity contribution in [2.45, 2.75) is 52.7 Å². The summed E-state index contributed by atoms with van der Waals surface area (Å²) < 4.78 is 16.8. The predicted molar refractivity (Wildman–Crippen MR) is 145 cm³/mol. The molecule has 0 unspecified atom stereocenters. The van der Waals surface area contributed by atoms with Gasteiger partial charge in [0.2, 0.25) is 11.8 Å². The highest BCUT2D eigenvalue weighted by atomic mass is 79.9. The molecule has 192 valence electrons. The van der Waals surface area contributed by atoms with Gasteiger partial charge in [-0.2, -0.15) is 4.98 Å². The smallest absolute Gasteiger partial charge is 0.338 e. The van der Waals surface area contributed by atoms with E-state index in [1.165, 1.54) is 0 Å². The third kappa shape index (κ3) is 9.15. The summed E-state index contributed by atoms with van der Waals surface area (Å²) in [5, 5.41) is 4.22. The molecule has 36 heavy (non-hydrogen) atoms. The fourth-order valence-electron chi connectivity index (χ4n) is 3.30. The van der Waals surface area contributed by atoms with Gasteiger partial charge in [0.1, 0.15) is 11.4 Å². The van der Waals surface area contributed by atoms with Gasteiger partial charge in [0.15, 0.2) is 0 Å². The maximum absolute atomic E-state index is 12.3. The lowest BCUT2D eigenvalue weighted by Gasteiger charge is -2.19. The van der Waals surface area contributed by atoms with E-state index in [4.69, 9.17) is 14.2 Å². The number of benzene rings is 2. The second kappa shape index (κ2) is 13.3. The molecule has 0 aliphatic rings. The van der Waals surface area contributed by atoms with Gasteiger partial charge in [-0.05, 0) is 69.5 Å². The Labute approximate surface area is 221 Å². The van der Waals surface area contributed by atoms with Crippen molar-refractivity contribution in [2.24, 2.45) is 0 Å². The number of alkyl halides is 1. The minimum atomic E-state index is -0.529. The summed E-state index contributed by atoms with van der Waals surface area (Å²) in [6.07, 6.45) is 1.54. The van der Waals surface area contributed by atoms with Gasteiger partial charge in [-0.25, -0.2) is 9.78 Å². The number of rotatable bonds is 12. The molecule has 0 saturated heterocycles. The van der Waals surface area contributed by atoms with E-state index in [1.807, 2.05) is 70.2 Å². The molecule has 0 fully saturated rings. The highest BCUT2D eigenvalue weighted by Crippen LogP contribution is 2.19. The Kier molecular flexibility index (Phi) is 10.1. The Balaban J connectivity index is 1.65. The molecule has 0 spiro atoms. The SMILES string of the molecule is CCOc1cc(Cc2ccc(C(=O)OC(C)(C)C)cc2)nc(NCc2ccc(OCCCBr)cc2)n1. The molecule has 1 aromatic heterocycles. The fraction of sp³-hybridized carbons (Fsp3) is 0.393. The second-order valence-corrected chi connectivity index (χ2v) is 10.0. The first kappa shape index (κ1) is 27.5. The Hall–Kier alpha value is -3.13. The molecule has 1 heterocycles. The standard InChI is InChI=1S/C28H34BrN3O4/c1-5-34-25-18-23(17-20-7-11-22(12-8-20)26(33)36-28(2,3)4)31-27(32-25)30-19-21-9-13-24(14-10-21)35-16-6-15-29/h7-14,18H,5-6,15-17,19H2,1-4H3,(H,30,31,32). The van der Waals surface area contributed by atoms with Crippen LogP contribution in [0.2, 0.25) is 0 Å². The first-order valence-electron chi connectivity index (χ1n) is 12.1. The Morgan fingerprint density at radius 1 is 0.972 bits per heavy atom. The number of hydrogen-bond acceptors (Lipinski definition) is 7. The van der Waals surface area contributed by atoms with Crippen molar-refractivity contribution in [2.75, 3.05) is 23.9 Å². The van der Waals surface area contributed by atoms with E-state index in [0.29, 0.717) is 43.6 Å². The van der Waals surface area contributed by atoms with Crippen LogP contribution in [0.4, 0.5) is 5.95 Å². The molecule has 0 saturated carbocycles. The van der Waals surface area contributed by atoms with Crippen LogP contribution in [-0.2, 0) is 17.7 Å². The number of hydrogen-bond donors (Lipinski definition) is 1. The molecule has 8 heteroatoms. The van der Waals surface area contributed by atoms with Gasteiger partial charge in [0.05, 0.1) is 24.5 Å². The van der Waals surface area contributed by atoms with Crippen molar-refractivity contribution in [3.05, 3.63) is 77.0 Å². The maximum atomic E-state index is 12.3. The minimum absolute atomic E-state index is 0.334. The summed E-state index contributed by atoms with van der Waals surface area (Å²) in [7, 11) is 0. The lowest BCUT2D eigenvalue weighted by molar-refractivity contribution is 0.00695. The summed E-state index contributed by atoms with van der Waals surface area (Å²) in [6, 6.07) is 17.2. The molecule has 3 aromatic rings. The summed E-state index contributed by atoms with van der Waals surface area (Å²) in [6.45, 7) is 9.25. The molecule has 0 amide bonds. The zero-order valence-electron chi connectivity index (χ0n) is 21.3. The average Bonchev–Trinajstić information content (AvgIpc) is 2.83. The topological polar surface area (TPSA) is 82.6 Å². The van der Waals surface area contributed by atoms with Gasteiger partial charge < -0.3 is 19.5 Å². The number of aromatic nitrogens is 2. The molecule has 0 bridgehead atoms. The normalized spacial score (nSPS) is 11.1. The lowest BCUT2D eigenvalue weighted by atomic mass is 10.1. The Morgan fingerprint density at radius 2 is 1.67 bits per heavy atom. The van der Waals surface area contributed by atoms with Crippen molar-refractivity contribution in [3.8, 4) is 11.6 Å². The first-order valence-corrected chi connectivity index (χ1v) is 13.2. The number of ether oxygens (including phenoxy) is 3. The molecule has 0 atom stereocenters. The molecule has 2 aromatic carbocycles. The first-order chi connectivity index (χ1) is 17.3. The molecule has 7 nitrogen and oxygen atoms in total. The lowest BCUT2D eigenvalue weighted by Crippen LogP contribution is -2.23. The van der Waals surface area contributed by atoms with E-state index >= 15 is 0 Å². The number of anilines is 1. The highest BCUT2D eigenvalue weighted by Gasteiger charge is 2.17. The summed E-state index contributed by atoms with van der Waals surface area (Å²) in [5.41, 5.74) is 2.92. The van der Waals surface area contributed by atoms with E-state index < -0.39 is 5.60 Å². The molecule has 0 radical (unpaired) electrons. The summed E-state index contributed by atoms with van der Waals surface area (Å²) in [5.74, 6) is 1.54. The minimum Gasteiger partial charge on any atom is -0.494 e. The Bertz CT molecular complexity index is 1110. The molecule has 3 rings (SSSR count). The largest absolute Gasteiger partial charge is 0.494 e. The van der Waals surface area contributed by atoms with Crippen molar-refractivity contribution >= 4 is 27.8 Å². The van der Waals surface area contributed by atoms with E-state index in [9.17, 15) is 4.79 Å². The third-order valence-corrected chi connectivity index (χ3v) is 5.50. The van der Waals surface area contributed by atoms with Crippen LogP contribution in [0.25, 0.3) is 0 Å². The van der Waals surface area contributed by atoms with Crippen LogP contribution in [0.3, 0.4) is 0 Å². The van der Waals surface area contributed by atoms with Crippen molar-refractivity contribution < 1.29 is 19.0 Å². The second-order valence-electron chi connectivity index (χ2n) is 9.22. The van der Waals surface area contributed by atoms with Crippen LogP contribution in [-0.4, -0.2) is 40.1 Å². The van der Waals surface area contributed by atoms with Crippen LogP contribution in [0.15, 0.2) is 54.6 Å². The van der Waals surface area contributed by atoms with Crippen molar-refractivity contribution in [1.82, 2.24) is 9.97 Å². The van der Waals surface area contributed by atoms with Crippen LogP contribution in [0.5, 0.6) is 11.6 Å². The van der Waals surface area contributed by atoms with E-state index in [-0.39, 0.29) is 5.97 Å². The van der Waals surface area contributed by atoms with E-state index in [2.05, 4.69) is 31.2 Å². The molecule has 0 aliphatic heterocycles. The fourth-order valence-corrected chi connectivity index (χ4v) is 3.53. The summed E-state index contributed by atoms with van der Waals surface area (Å²) >= 11 is 3.41. The third-order valence-electron chi connectivity index (χ3n) is 4.94. The molecule has 0 aliphatic carbocycles. The number of esters is 1. The van der Waals surface area contributed by atoms with E-state index in [1.54, 1.807) is 12.1 Å². The Morgan fingerprint density at radius 3 is 2.31 bits per heavy atom. The van der Waals surface area contributed by atoms with Gasteiger partial charge in [-0.15, -0.1) is 0 Å². The van der Waals surface area contributed by atoms with Gasteiger partial charge in [-0.3, -0.25) is 0 Å².